The molecule has 0 aliphatic carbocycles. The lowest BCUT2D eigenvalue weighted by atomic mass is 10.2. The highest BCUT2D eigenvalue weighted by atomic mass is 16.1. The molecule has 0 fully saturated rings. The average molecular weight is 294 g/mol. The molecule has 114 valence electrons. The number of rotatable bonds is 6. The lowest BCUT2D eigenvalue weighted by Crippen LogP contribution is -2.21. The maximum absolute atomic E-state index is 11.9. The molecule has 0 saturated carbocycles. The van der Waals surface area contributed by atoms with E-state index in [2.05, 4.69) is 24.1 Å². The van der Waals surface area contributed by atoms with E-state index < -0.39 is 0 Å². The van der Waals surface area contributed by atoms with E-state index in [1.54, 1.807) is 12.2 Å². The summed E-state index contributed by atoms with van der Waals surface area (Å²) in [4.78, 5) is 14.2. The van der Waals surface area contributed by atoms with Crippen molar-refractivity contribution >= 4 is 23.4 Å². The molecule has 22 heavy (non-hydrogen) atoms. The number of carbonyl (C=O) groups is 1. The maximum Gasteiger partial charge on any atom is 0.248 e. The van der Waals surface area contributed by atoms with E-state index in [0.29, 0.717) is 0 Å². The third-order valence-electron chi connectivity index (χ3n) is 3.49. The zero-order valence-electron chi connectivity index (χ0n) is 13.1. The zero-order valence-corrected chi connectivity index (χ0v) is 13.1. The van der Waals surface area contributed by atoms with Crippen LogP contribution in [0.15, 0.2) is 60.7 Å². The van der Waals surface area contributed by atoms with Crippen LogP contribution in [0.3, 0.4) is 0 Å². The summed E-state index contributed by atoms with van der Waals surface area (Å²) in [6.07, 6.45) is 3.35. The Morgan fingerprint density at radius 2 is 1.64 bits per heavy atom. The largest absolute Gasteiger partial charge is 0.372 e. The second-order valence-corrected chi connectivity index (χ2v) is 4.95. The number of hydrogen-bond acceptors (Lipinski definition) is 2. The summed E-state index contributed by atoms with van der Waals surface area (Å²) in [5, 5.41) is 2.87. The van der Waals surface area contributed by atoms with E-state index in [1.165, 1.54) is 5.69 Å². The third kappa shape index (κ3) is 4.48. The predicted octanol–water partition coefficient (Wildman–Crippen LogP) is 4.18. The Kier molecular flexibility index (Phi) is 5.78. The number of anilines is 2. The van der Waals surface area contributed by atoms with Gasteiger partial charge in [0.25, 0.3) is 0 Å². The van der Waals surface area contributed by atoms with Crippen LogP contribution in [0.1, 0.15) is 19.4 Å². The number of hydrogen-bond donors (Lipinski definition) is 1. The van der Waals surface area contributed by atoms with E-state index in [9.17, 15) is 4.79 Å². The van der Waals surface area contributed by atoms with E-state index in [4.69, 9.17) is 0 Å². The zero-order chi connectivity index (χ0) is 15.8. The fourth-order valence-electron chi connectivity index (χ4n) is 2.26. The maximum atomic E-state index is 11.9. The lowest BCUT2D eigenvalue weighted by Gasteiger charge is -2.21. The fraction of sp³-hybridized carbons (Fsp3) is 0.211. The second-order valence-electron chi connectivity index (χ2n) is 4.95. The van der Waals surface area contributed by atoms with Gasteiger partial charge in [-0.15, -0.1) is 0 Å². The van der Waals surface area contributed by atoms with Crippen LogP contribution >= 0.6 is 0 Å². The Balaban J connectivity index is 1.96. The highest BCUT2D eigenvalue weighted by Crippen LogP contribution is 2.17. The summed E-state index contributed by atoms with van der Waals surface area (Å²) in [6.45, 7) is 6.21. The number of nitrogens with zero attached hydrogens (tertiary/aromatic N) is 1. The molecule has 0 bridgehead atoms. The topological polar surface area (TPSA) is 32.3 Å². The van der Waals surface area contributed by atoms with Crippen LogP contribution in [0.5, 0.6) is 0 Å². The van der Waals surface area contributed by atoms with Crippen molar-refractivity contribution in [3.05, 3.63) is 66.2 Å². The third-order valence-corrected chi connectivity index (χ3v) is 3.49. The van der Waals surface area contributed by atoms with Gasteiger partial charge in [-0.1, -0.05) is 30.3 Å². The summed E-state index contributed by atoms with van der Waals surface area (Å²) < 4.78 is 0. The first-order chi connectivity index (χ1) is 10.7. The van der Waals surface area contributed by atoms with E-state index in [1.807, 2.05) is 54.6 Å². The van der Waals surface area contributed by atoms with Crippen LogP contribution in [0.2, 0.25) is 0 Å². The highest BCUT2D eigenvalue weighted by Gasteiger charge is 2.02. The smallest absolute Gasteiger partial charge is 0.248 e. The second kappa shape index (κ2) is 8.03. The van der Waals surface area contributed by atoms with Gasteiger partial charge in [-0.25, -0.2) is 0 Å². The predicted molar refractivity (Wildman–Crippen MR) is 94.1 cm³/mol. The average Bonchev–Trinajstić information content (AvgIpc) is 2.56. The van der Waals surface area contributed by atoms with Gasteiger partial charge < -0.3 is 10.2 Å². The highest BCUT2D eigenvalue weighted by molar-refractivity contribution is 6.01. The number of benzene rings is 2. The first-order valence-electron chi connectivity index (χ1n) is 7.62. The van der Waals surface area contributed by atoms with Crippen molar-refractivity contribution in [1.29, 1.82) is 0 Å². The van der Waals surface area contributed by atoms with E-state index in [-0.39, 0.29) is 5.91 Å². The first-order valence-corrected chi connectivity index (χ1v) is 7.62. The minimum absolute atomic E-state index is 0.126. The SMILES string of the molecule is CCN(CC)c1ccc(NC(=O)/C=C/c2ccccc2)cc1. The van der Waals surface area contributed by atoms with Crippen LogP contribution < -0.4 is 10.2 Å². The van der Waals surface area contributed by atoms with Gasteiger partial charge in [0.15, 0.2) is 0 Å². The molecule has 2 aromatic carbocycles. The van der Waals surface area contributed by atoms with Crippen LogP contribution in [-0.2, 0) is 4.79 Å². The molecule has 3 nitrogen and oxygen atoms in total. The van der Waals surface area contributed by atoms with Crippen LogP contribution in [-0.4, -0.2) is 19.0 Å². The van der Waals surface area contributed by atoms with Crippen LogP contribution in [0.4, 0.5) is 11.4 Å². The molecule has 1 N–H and O–H groups in total. The van der Waals surface area contributed by atoms with Gasteiger partial charge in [0, 0.05) is 30.5 Å². The Labute approximate surface area is 132 Å². The monoisotopic (exact) mass is 294 g/mol. The number of amides is 1. The van der Waals surface area contributed by atoms with Gasteiger partial charge in [0.2, 0.25) is 5.91 Å². The molecule has 3 heteroatoms. The molecule has 0 aromatic heterocycles. The molecule has 0 radical (unpaired) electrons. The summed E-state index contributed by atoms with van der Waals surface area (Å²) in [5.41, 5.74) is 2.98. The first kappa shape index (κ1) is 15.8. The number of nitrogens with one attached hydrogen (secondary N) is 1. The standard InChI is InChI=1S/C19H22N2O/c1-3-21(4-2)18-13-11-17(12-14-18)20-19(22)15-10-16-8-6-5-7-9-16/h5-15H,3-4H2,1-2H3,(H,20,22)/b15-10+. The van der Waals surface area contributed by atoms with Crippen molar-refractivity contribution in [2.24, 2.45) is 0 Å². The van der Waals surface area contributed by atoms with Gasteiger partial charge in [-0.2, -0.15) is 0 Å². The molecule has 0 aliphatic rings. The minimum atomic E-state index is -0.126. The van der Waals surface area contributed by atoms with Crippen molar-refractivity contribution in [2.75, 3.05) is 23.3 Å². The molecular formula is C19H22N2O. The molecular weight excluding hydrogens is 272 g/mol. The summed E-state index contributed by atoms with van der Waals surface area (Å²) >= 11 is 0. The van der Waals surface area contributed by atoms with Crippen molar-refractivity contribution in [1.82, 2.24) is 0 Å². The van der Waals surface area contributed by atoms with Gasteiger partial charge >= 0.3 is 0 Å². The lowest BCUT2D eigenvalue weighted by molar-refractivity contribution is -0.111. The minimum Gasteiger partial charge on any atom is -0.372 e. The number of carbonyl (C=O) groups excluding carboxylic acids is 1. The summed E-state index contributed by atoms with van der Waals surface area (Å²) in [5.74, 6) is -0.126. The summed E-state index contributed by atoms with van der Waals surface area (Å²) in [7, 11) is 0. The van der Waals surface area contributed by atoms with Crippen molar-refractivity contribution < 1.29 is 4.79 Å². The molecule has 2 rings (SSSR count). The Morgan fingerprint density at radius 3 is 2.23 bits per heavy atom. The summed E-state index contributed by atoms with van der Waals surface area (Å²) in [6, 6.07) is 17.7. The molecule has 0 saturated heterocycles. The van der Waals surface area contributed by atoms with Crippen molar-refractivity contribution in [2.45, 2.75) is 13.8 Å². The van der Waals surface area contributed by atoms with E-state index >= 15 is 0 Å². The molecule has 0 heterocycles. The Bertz CT molecular complexity index is 614. The molecule has 0 atom stereocenters. The Morgan fingerprint density at radius 1 is 1.00 bits per heavy atom. The molecule has 0 unspecified atom stereocenters. The quantitative estimate of drug-likeness (QED) is 0.810. The van der Waals surface area contributed by atoms with Gasteiger partial charge in [-0.3, -0.25) is 4.79 Å². The molecule has 0 aliphatic heterocycles. The molecule has 2 aromatic rings. The van der Waals surface area contributed by atoms with Crippen LogP contribution in [0.25, 0.3) is 6.08 Å². The molecule has 1 amide bonds. The van der Waals surface area contributed by atoms with Gasteiger partial charge in [0.05, 0.1) is 0 Å². The van der Waals surface area contributed by atoms with Gasteiger partial charge in [-0.05, 0) is 49.8 Å². The van der Waals surface area contributed by atoms with Crippen molar-refractivity contribution in [3.8, 4) is 0 Å². The Hall–Kier alpha value is -2.55. The fourth-order valence-corrected chi connectivity index (χ4v) is 2.26. The molecule has 0 spiro atoms. The van der Waals surface area contributed by atoms with Crippen LogP contribution in [0, 0.1) is 0 Å². The normalized spacial score (nSPS) is 10.6. The van der Waals surface area contributed by atoms with E-state index in [0.717, 1.165) is 24.3 Å². The van der Waals surface area contributed by atoms with Crippen molar-refractivity contribution in [3.63, 3.8) is 0 Å². The van der Waals surface area contributed by atoms with Gasteiger partial charge in [0.1, 0.15) is 0 Å².